The van der Waals surface area contributed by atoms with Gasteiger partial charge in [0, 0.05) is 25.7 Å². The summed E-state index contributed by atoms with van der Waals surface area (Å²) < 4.78 is 0. The molecular formula is C19H30IN5O2. The molecule has 0 unspecified atom stereocenters. The Morgan fingerprint density at radius 2 is 1.74 bits per heavy atom. The maximum atomic E-state index is 12.5. The number of amides is 2. The Morgan fingerprint density at radius 1 is 1.11 bits per heavy atom. The van der Waals surface area contributed by atoms with Gasteiger partial charge >= 0.3 is 0 Å². The normalized spacial score (nSPS) is 13.9. The molecule has 1 heterocycles. The minimum absolute atomic E-state index is 0. The van der Waals surface area contributed by atoms with Gasteiger partial charge < -0.3 is 20.9 Å². The lowest BCUT2D eigenvalue weighted by molar-refractivity contribution is -0.130. The van der Waals surface area contributed by atoms with Gasteiger partial charge in [0.1, 0.15) is 0 Å². The molecule has 8 heteroatoms. The van der Waals surface area contributed by atoms with Gasteiger partial charge in [-0.25, -0.2) is 0 Å². The molecule has 0 radical (unpaired) electrons. The maximum absolute atomic E-state index is 12.5. The van der Waals surface area contributed by atoms with Crippen molar-refractivity contribution in [3.8, 4) is 0 Å². The van der Waals surface area contributed by atoms with Crippen LogP contribution in [0, 0.1) is 0 Å². The van der Waals surface area contributed by atoms with E-state index in [1.807, 2.05) is 37.8 Å². The smallest absolute Gasteiger partial charge is 0.242 e. The molecule has 0 saturated heterocycles. The fourth-order valence-corrected chi connectivity index (χ4v) is 2.83. The molecule has 0 spiro atoms. The Morgan fingerprint density at radius 3 is 2.37 bits per heavy atom. The third-order valence-electron chi connectivity index (χ3n) is 4.04. The van der Waals surface area contributed by atoms with Crippen LogP contribution in [-0.4, -0.2) is 54.9 Å². The van der Waals surface area contributed by atoms with Gasteiger partial charge in [-0.2, -0.15) is 0 Å². The van der Waals surface area contributed by atoms with Crippen molar-refractivity contribution < 1.29 is 9.59 Å². The van der Waals surface area contributed by atoms with Crippen LogP contribution in [0.1, 0.15) is 31.9 Å². The molecule has 0 fully saturated rings. The first-order valence-electron chi connectivity index (χ1n) is 8.88. The van der Waals surface area contributed by atoms with Crippen molar-refractivity contribution in [1.82, 2.24) is 20.9 Å². The Labute approximate surface area is 178 Å². The molecule has 3 N–H and O–H groups in total. The predicted octanol–water partition coefficient (Wildman–Crippen LogP) is 1.27. The summed E-state index contributed by atoms with van der Waals surface area (Å²) in [5, 5.41) is 8.76. The van der Waals surface area contributed by atoms with Crippen LogP contribution in [0.3, 0.4) is 0 Å². The number of aliphatic imine (C=N–C) groups is 1. The van der Waals surface area contributed by atoms with Crippen LogP contribution in [0.4, 0.5) is 0 Å². The van der Waals surface area contributed by atoms with E-state index in [1.54, 1.807) is 7.05 Å². The Kier molecular flexibility index (Phi) is 9.01. The summed E-state index contributed by atoms with van der Waals surface area (Å²) in [5.74, 6) is 0.320. The van der Waals surface area contributed by atoms with Gasteiger partial charge in [-0.3, -0.25) is 14.6 Å². The number of carbonyl (C=O) groups is 2. The van der Waals surface area contributed by atoms with Gasteiger partial charge in [-0.05, 0) is 38.3 Å². The van der Waals surface area contributed by atoms with Crippen LogP contribution in [0.25, 0.3) is 0 Å². The first-order chi connectivity index (χ1) is 12.3. The second-order valence-corrected chi connectivity index (χ2v) is 7.41. The zero-order valence-electron chi connectivity index (χ0n) is 16.5. The molecule has 27 heavy (non-hydrogen) atoms. The lowest BCUT2D eigenvalue weighted by Crippen LogP contribution is -2.50. The first kappa shape index (κ1) is 23.2. The second kappa shape index (κ2) is 10.5. The highest BCUT2D eigenvalue weighted by Crippen LogP contribution is 2.18. The summed E-state index contributed by atoms with van der Waals surface area (Å²) >= 11 is 0. The molecule has 1 aliphatic heterocycles. The van der Waals surface area contributed by atoms with Crippen LogP contribution in [0.5, 0.6) is 0 Å². The number of nitrogens with one attached hydrogen (secondary N) is 3. The largest absolute Gasteiger partial charge is 0.350 e. The number of benzene rings is 1. The van der Waals surface area contributed by atoms with E-state index in [2.05, 4.69) is 33.1 Å². The average molecular weight is 487 g/mol. The number of nitrogens with zero attached hydrogens (tertiary/aromatic N) is 2. The molecule has 0 aliphatic carbocycles. The Bertz CT molecular complexity index is 685. The van der Waals surface area contributed by atoms with E-state index in [-0.39, 0.29) is 54.4 Å². The van der Waals surface area contributed by atoms with E-state index in [9.17, 15) is 9.59 Å². The highest BCUT2D eigenvalue weighted by molar-refractivity contribution is 14.0. The minimum Gasteiger partial charge on any atom is -0.350 e. The zero-order chi connectivity index (χ0) is 19.2. The molecule has 0 aromatic heterocycles. The molecule has 2 amide bonds. The van der Waals surface area contributed by atoms with Crippen LogP contribution in [0.15, 0.2) is 29.3 Å². The lowest BCUT2D eigenvalue weighted by Gasteiger charge is -2.29. The SMILES string of the molecule is CN=C(NCC(=O)NC(C)(C)C)NCC(=O)N1CCc2ccccc2C1.I. The van der Waals surface area contributed by atoms with Crippen molar-refractivity contribution >= 4 is 41.8 Å². The zero-order valence-corrected chi connectivity index (χ0v) is 18.8. The van der Waals surface area contributed by atoms with Crippen molar-refractivity contribution in [3.63, 3.8) is 0 Å². The minimum atomic E-state index is -0.282. The van der Waals surface area contributed by atoms with Gasteiger partial charge in [0.05, 0.1) is 13.1 Å². The maximum Gasteiger partial charge on any atom is 0.242 e. The average Bonchev–Trinajstić information content (AvgIpc) is 2.59. The summed E-state index contributed by atoms with van der Waals surface area (Å²) in [6.45, 7) is 7.37. The molecule has 0 saturated carbocycles. The van der Waals surface area contributed by atoms with Crippen LogP contribution >= 0.6 is 24.0 Å². The quantitative estimate of drug-likeness (QED) is 0.339. The molecule has 7 nitrogen and oxygen atoms in total. The van der Waals surface area contributed by atoms with Crippen molar-refractivity contribution in [2.75, 3.05) is 26.7 Å². The van der Waals surface area contributed by atoms with E-state index >= 15 is 0 Å². The third-order valence-corrected chi connectivity index (χ3v) is 4.04. The number of guanidine groups is 1. The van der Waals surface area contributed by atoms with E-state index in [1.165, 1.54) is 11.1 Å². The molecule has 1 aromatic carbocycles. The molecule has 0 bridgehead atoms. The van der Waals surface area contributed by atoms with E-state index < -0.39 is 0 Å². The Hall–Kier alpha value is -1.84. The number of carbonyl (C=O) groups excluding carboxylic acids is 2. The molecular weight excluding hydrogens is 457 g/mol. The molecule has 1 aliphatic rings. The summed E-state index contributed by atoms with van der Waals surface area (Å²) in [5.41, 5.74) is 2.23. The lowest BCUT2D eigenvalue weighted by atomic mass is 10.00. The highest BCUT2D eigenvalue weighted by atomic mass is 127. The van der Waals surface area contributed by atoms with E-state index in [4.69, 9.17) is 0 Å². The van der Waals surface area contributed by atoms with Crippen molar-refractivity contribution in [2.45, 2.75) is 39.3 Å². The van der Waals surface area contributed by atoms with Crippen LogP contribution in [0.2, 0.25) is 0 Å². The van der Waals surface area contributed by atoms with Gasteiger partial charge in [-0.1, -0.05) is 24.3 Å². The first-order valence-corrected chi connectivity index (χ1v) is 8.88. The fraction of sp³-hybridized carbons (Fsp3) is 0.526. The van der Waals surface area contributed by atoms with Gasteiger partial charge in [0.2, 0.25) is 11.8 Å². The fourth-order valence-electron chi connectivity index (χ4n) is 2.83. The standard InChI is InChI=1S/C19H29N5O2.HI/c1-19(2,3)23-16(25)11-21-18(20-4)22-12-17(26)24-10-9-14-7-5-6-8-15(14)13-24;/h5-8H,9-13H2,1-4H3,(H,23,25)(H2,20,21,22);1H. The van der Waals surface area contributed by atoms with Crippen molar-refractivity contribution in [1.29, 1.82) is 0 Å². The van der Waals surface area contributed by atoms with E-state index in [0.717, 1.165) is 13.0 Å². The summed E-state index contributed by atoms with van der Waals surface area (Å²) in [6, 6.07) is 8.21. The summed E-state index contributed by atoms with van der Waals surface area (Å²) in [6.07, 6.45) is 0.877. The monoisotopic (exact) mass is 487 g/mol. The van der Waals surface area contributed by atoms with Gasteiger partial charge in [-0.15, -0.1) is 24.0 Å². The molecule has 1 aromatic rings. The molecule has 150 valence electrons. The highest BCUT2D eigenvalue weighted by Gasteiger charge is 2.20. The van der Waals surface area contributed by atoms with Gasteiger partial charge in [0.15, 0.2) is 5.96 Å². The van der Waals surface area contributed by atoms with Crippen LogP contribution < -0.4 is 16.0 Å². The number of fused-ring (bicyclic) bond motifs is 1. The number of rotatable bonds is 4. The van der Waals surface area contributed by atoms with Crippen molar-refractivity contribution in [2.24, 2.45) is 4.99 Å². The third kappa shape index (κ3) is 7.74. The van der Waals surface area contributed by atoms with E-state index in [0.29, 0.717) is 12.5 Å². The second-order valence-electron chi connectivity index (χ2n) is 7.41. The molecule has 2 rings (SSSR count). The number of halogens is 1. The topological polar surface area (TPSA) is 85.8 Å². The predicted molar refractivity (Wildman–Crippen MR) is 118 cm³/mol. The van der Waals surface area contributed by atoms with Crippen molar-refractivity contribution in [3.05, 3.63) is 35.4 Å². The van der Waals surface area contributed by atoms with Crippen LogP contribution in [-0.2, 0) is 22.6 Å². The summed E-state index contributed by atoms with van der Waals surface area (Å²) in [7, 11) is 1.61. The number of hydrogen-bond acceptors (Lipinski definition) is 3. The number of hydrogen-bond donors (Lipinski definition) is 3. The van der Waals surface area contributed by atoms with Gasteiger partial charge in [0.25, 0.3) is 0 Å². The molecule has 0 atom stereocenters. The summed E-state index contributed by atoms with van der Waals surface area (Å²) in [4.78, 5) is 30.2. The Balaban J connectivity index is 0.00000364.